The third-order valence-electron chi connectivity index (χ3n) is 5.69. The van der Waals surface area contributed by atoms with Gasteiger partial charge in [0.15, 0.2) is 0 Å². The molecule has 7 nitrogen and oxygen atoms in total. The predicted octanol–water partition coefficient (Wildman–Crippen LogP) is 5.47. The largest absolute Gasteiger partial charge is 0.490 e. The summed E-state index contributed by atoms with van der Waals surface area (Å²) in [5.41, 5.74) is 2.86. The summed E-state index contributed by atoms with van der Waals surface area (Å²) in [4.78, 5) is 27.2. The van der Waals surface area contributed by atoms with Gasteiger partial charge in [0.2, 0.25) is 5.91 Å². The minimum Gasteiger partial charge on any atom is -0.490 e. The Morgan fingerprint density at radius 1 is 0.763 bits per heavy atom. The molecule has 0 atom stereocenters. The molecule has 194 valence electrons. The molecule has 0 spiro atoms. The Morgan fingerprint density at radius 2 is 1.45 bits per heavy atom. The Balaban J connectivity index is 1.27. The van der Waals surface area contributed by atoms with Crippen molar-refractivity contribution in [2.24, 2.45) is 0 Å². The number of hydrogen-bond acceptors (Lipinski definition) is 5. The number of anilines is 2. The highest BCUT2D eigenvalue weighted by atomic mass is 16.5. The van der Waals surface area contributed by atoms with E-state index >= 15 is 0 Å². The van der Waals surface area contributed by atoms with E-state index in [4.69, 9.17) is 9.47 Å². The van der Waals surface area contributed by atoms with Crippen LogP contribution >= 0.6 is 0 Å². The number of rotatable bonds is 12. The Kier molecular flexibility index (Phi) is 9.34. The van der Waals surface area contributed by atoms with Gasteiger partial charge in [-0.1, -0.05) is 66.7 Å². The number of benzene rings is 4. The average molecular weight is 510 g/mol. The molecule has 0 saturated heterocycles. The van der Waals surface area contributed by atoms with E-state index in [1.165, 1.54) is 0 Å². The van der Waals surface area contributed by atoms with Crippen LogP contribution in [0.4, 0.5) is 11.4 Å². The van der Waals surface area contributed by atoms with Gasteiger partial charge in [0, 0.05) is 24.8 Å². The van der Waals surface area contributed by atoms with Crippen LogP contribution in [0.3, 0.4) is 0 Å². The van der Waals surface area contributed by atoms with Gasteiger partial charge < -0.3 is 25.0 Å². The molecule has 0 heterocycles. The highest BCUT2D eigenvalue weighted by molar-refractivity contribution is 5.96. The number of para-hydroxylation sites is 3. The van der Waals surface area contributed by atoms with Crippen LogP contribution in [0.15, 0.2) is 109 Å². The maximum Gasteiger partial charge on any atom is 0.253 e. The van der Waals surface area contributed by atoms with Gasteiger partial charge in [-0.25, -0.2) is 0 Å². The van der Waals surface area contributed by atoms with Crippen LogP contribution in [0.1, 0.15) is 15.9 Å². The summed E-state index contributed by atoms with van der Waals surface area (Å²) in [6.07, 6.45) is 0. The molecule has 2 N–H and O–H groups in total. The van der Waals surface area contributed by atoms with E-state index < -0.39 is 0 Å². The average Bonchev–Trinajstić information content (AvgIpc) is 2.96. The fourth-order valence-corrected chi connectivity index (χ4v) is 3.81. The molecule has 0 aliphatic heterocycles. The molecule has 0 aliphatic carbocycles. The number of nitrogens with zero attached hydrogens (tertiary/aromatic N) is 1. The van der Waals surface area contributed by atoms with Crippen molar-refractivity contribution in [3.05, 3.63) is 120 Å². The fourth-order valence-electron chi connectivity index (χ4n) is 3.81. The Bertz CT molecular complexity index is 1330. The van der Waals surface area contributed by atoms with Crippen LogP contribution in [0.5, 0.6) is 11.5 Å². The van der Waals surface area contributed by atoms with E-state index in [2.05, 4.69) is 10.6 Å². The molecule has 4 aromatic carbocycles. The first-order valence-corrected chi connectivity index (χ1v) is 12.4. The van der Waals surface area contributed by atoms with Crippen molar-refractivity contribution >= 4 is 23.2 Å². The first kappa shape index (κ1) is 26.3. The molecule has 0 unspecified atom stereocenters. The summed E-state index contributed by atoms with van der Waals surface area (Å²) in [5.74, 6) is 1.01. The lowest BCUT2D eigenvalue weighted by Gasteiger charge is -2.18. The monoisotopic (exact) mass is 509 g/mol. The van der Waals surface area contributed by atoms with Crippen molar-refractivity contribution in [1.29, 1.82) is 0 Å². The number of hydrogen-bond donors (Lipinski definition) is 2. The lowest BCUT2D eigenvalue weighted by molar-refractivity contribution is -0.114. The molecule has 0 radical (unpaired) electrons. The zero-order valence-corrected chi connectivity index (χ0v) is 21.3. The van der Waals surface area contributed by atoms with Gasteiger partial charge in [-0.3, -0.25) is 9.59 Å². The van der Waals surface area contributed by atoms with E-state index in [0.717, 1.165) is 11.3 Å². The van der Waals surface area contributed by atoms with E-state index in [1.54, 1.807) is 42.3 Å². The molecule has 0 aliphatic rings. The Labute approximate surface area is 223 Å². The number of carbonyl (C=O) groups is 2. The van der Waals surface area contributed by atoms with Crippen molar-refractivity contribution in [3.8, 4) is 11.5 Å². The Hall–Kier alpha value is -4.78. The quantitative estimate of drug-likeness (QED) is 0.248. The van der Waals surface area contributed by atoms with Crippen LogP contribution in [0.2, 0.25) is 0 Å². The molecule has 7 heteroatoms. The smallest absolute Gasteiger partial charge is 0.253 e. The van der Waals surface area contributed by atoms with Crippen molar-refractivity contribution in [1.82, 2.24) is 4.90 Å². The molecule has 0 bridgehead atoms. The van der Waals surface area contributed by atoms with Gasteiger partial charge in [-0.15, -0.1) is 0 Å². The molecule has 0 saturated carbocycles. The lowest BCUT2D eigenvalue weighted by Crippen LogP contribution is -2.26. The van der Waals surface area contributed by atoms with Gasteiger partial charge in [0.1, 0.15) is 24.7 Å². The van der Waals surface area contributed by atoms with Crippen molar-refractivity contribution in [2.45, 2.75) is 6.54 Å². The summed E-state index contributed by atoms with van der Waals surface area (Å²) < 4.78 is 11.5. The summed E-state index contributed by atoms with van der Waals surface area (Å²) >= 11 is 0. The van der Waals surface area contributed by atoms with E-state index in [0.29, 0.717) is 42.4 Å². The molecule has 4 rings (SSSR count). The van der Waals surface area contributed by atoms with Crippen LogP contribution in [-0.4, -0.2) is 43.5 Å². The predicted molar refractivity (Wildman–Crippen MR) is 150 cm³/mol. The number of nitrogens with one attached hydrogen (secondary N) is 2. The maximum atomic E-state index is 12.9. The van der Waals surface area contributed by atoms with Gasteiger partial charge in [-0.2, -0.15) is 0 Å². The minimum absolute atomic E-state index is 0.0307. The number of amides is 2. The third-order valence-corrected chi connectivity index (χ3v) is 5.69. The minimum atomic E-state index is -0.237. The van der Waals surface area contributed by atoms with Crippen molar-refractivity contribution in [3.63, 3.8) is 0 Å². The zero-order chi connectivity index (χ0) is 26.6. The first-order valence-electron chi connectivity index (χ1n) is 12.4. The fraction of sp³-hybridized carbons (Fsp3) is 0.161. The summed E-state index contributed by atoms with van der Waals surface area (Å²) in [5, 5.41) is 5.97. The SMILES string of the molecule is CN(Cc1ccccc1)C(=O)c1cccc(NCC(=O)Nc2ccccc2OCCOc2ccccc2)c1. The van der Waals surface area contributed by atoms with E-state index in [9.17, 15) is 9.59 Å². The van der Waals surface area contributed by atoms with E-state index in [1.807, 2.05) is 78.9 Å². The van der Waals surface area contributed by atoms with Crippen LogP contribution < -0.4 is 20.1 Å². The van der Waals surface area contributed by atoms with Gasteiger partial charge in [-0.05, 0) is 48.0 Å². The Morgan fingerprint density at radius 3 is 2.24 bits per heavy atom. The van der Waals surface area contributed by atoms with Crippen LogP contribution in [0, 0.1) is 0 Å². The van der Waals surface area contributed by atoms with Gasteiger partial charge >= 0.3 is 0 Å². The second kappa shape index (κ2) is 13.5. The zero-order valence-electron chi connectivity index (χ0n) is 21.3. The summed E-state index contributed by atoms with van der Waals surface area (Å²) in [6.45, 7) is 1.26. The van der Waals surface area contributed by atoms with E-state index in [-0.39, 0.29) is 18.4 Å². The summed E-state index contributed by atoms with van der Waals surface area (Å²) in [6, 6.07) is 33.7. The van der Waals surface area contributed by atoms with Gasteiger partial charge in [0.05, 0.1) is 12.2 Å². The number of carbonyl (C=O) groups excluding carboxylic acids is 2. The molecule has 2 amide bonds. The second-order valence-electron chi connectivity index (χ2n) is 8.64. The highest BCUT2D eigenvalue weighted by Crippen LogP contribution is 2.24. The molecular formula is C31H31N3O4. The molecular weight excluding hydrogens is 478 g/mol. The molecule has 0 aromatic heterocycles. The molecule has 0 fully saturated rings. The summed E-state index contributed by atoms with van der Waals surface area (Å²) in [7, 11) is 1.77. The molecule has 4 aromatic rings. The number of ether oxygens (including phenoxy) is 2. The normalized spacial score (nSPS) is 10.3. The molecule has 38 heavy (non-hydrogen) atoms. The van der Waals surface area contributed by atoms with Crippen LogP contribution in [0.25, 0.3) is 0 Å². The first-order chi connectivity index (χ1) is 18.6. The lowest BCUT2D eigenvalue weighted by atomic mass is 10.1. The maximum absolute atomic E-state index is 12.9. The third kappa shape index (κ3) is 7.86. The van der Waals surface area contributed by atoms with Crippen molar-refractivity contribution in [2.75, 3.05) is 37.4 Å². The topological polar surface area (TPSA) is 79.9 Å². The standard InChI is InChI=1S/C31H31N3O4/c1-34(23-24-11-4-2-5-12-24)31(36)25-13-10-14-26(21-25)32-22-30(35)33-28-17-8-9-18-29(28)38-20-19-37-27-15-6-3-7-16-27/h2-18,21,32H,19-20,22-23H2,1H3,(H,33,35). The van der Waals surface area contributed by atoms with Gasteiger partial charge in [0.25, 0.3) is 5.91 Å². The van der Waals surface area contributed by atoms with Crippen LogP contribution in [-0.2, 0) is 11.3 Å². The second-order valence-corrected chi connectivity index (χ2v) is 8.64. The highest BCUT2D eigenvalue weighted by Gasteiger charge is 2.13. The van der Waals surface area contributed by atoms with Crippen molar-refractivity contribution < 1.29 is 19.1 Å².